The minimum absolute atomic E-state index is 0.0110. The predicted molar refractivity (Wildman–Crippen MR) is 109 cm³/mol. The number of hydrogen-bond acceptors (Lipinski definition) is 8. The zero-order valence-corrected chi connectivity index (χ0v) is 18.5. The molecular weight excluding hydrogens is 422 g/mol. The molecule has 176 valence electrons. The molecule has 0 radical (unpaired) electrons. The molecule has 0 bridgehead atoms. The van der Waals surface area contributed by atoms with Gasteiger partial charge in [0.05, 0.1) is 5.92 Å². The maximum Gasteiger partial charge on any atom is 0.407 e. The number of carbonyl (C=O) groups is 6. The van der Waals surface area contributed by atoms with Crippen LogP contribution in [-0.4, -0.2) is 64.3 Å². The fourth-order valence-corrected chi connectivity index (χ4v) is 3.18. The smallest absolute Gasteiger partial charge is 0.407 e. The van der Waals surface area contributed by atoms with Gasteiger partial charge in [-0.25, -0.2) is 9.59 Å². The molecule has 11 nitrogen and oxygen atoms in total. The summed E-state index contributed by atoms with van der Waals surface area (Å²) in [6.07, 6.45) is 3.20. The van der Waals surface area contributed by atoms with Gasteiger partial charge < -0.3 is 14.9 Å². The van der Waals surface area contributed by atoms with Crippen molar-refractivity contribution >= 4 is 35.7 Å². The summed E-state index contributed by atoms with van der Waals surface area (Å²) in [4.78, 5) is 77.2. The summed E-state index contributed by atoms with van der Waals surface area (Å²) in [5, 5.41) is 3.05. The van der Waals surface area contributed by atoms with Gasteiger partial charge in [0.1, 0.15) is 5.60 Å². The minimum atomic E-state index is -0.755. The molecule has 1 N–H and O–H groups in total. The number of hydroxylamine groups is 2. The van der Waals surface area contributed by atoms with E-state index in [1.54, 1.807) is 20.8 Å². The monoisotopic (exact) mass is 451 g/mol. The number of alkyl carbamates (subject to hydrolysis) is 1. The van der Waals surface area contributed by atoms with E-state index in [0.29, 0.717) is 24.3 Å². The first kappa shape index (κ1) is 25.0. The van der Waals surface area contributed by atoms with Crippen LogP contribution in [0.25, 0.3) is 0 Å². The number of unbranched alkanes of at least 4 members (excludes halogenated alkanes) is 1. The van der Waals surface area contributed by atoms with Crippen molar-refractivity contribution in [2.75, 3.05) is 13.1 Å². The van der Waals surface area contributed by atoms with Gasteiger partial charge in [-0.05, 0) is 40.0 Å². The van der Waals surface area contributed by atoms with Gasteiger partial charge >= 0.3 is 12.1 Å². The number of nitrogens with zero attached hydrogens (tertiary/aromatic N) is 2. The van der Waals surface area contributed by atoms with Gasteiger partial charge in [-0.3, -0.25) is 24.1 Å². The largest absolute Gasteiger partial charge is 0.444 e. The van der Waals surface area contributed by atoms with Crippen LogP contribution in [0, 0.1) is 5.92 Å². The van der Waals surface area contributed by atoms with E-state index < -0.39 is 35.4 Å². The quantitative estimate of drug-likeness (QED) is 0.386. The Morgan fingerprint density at radius 3 is 2.16 bits per heavy atom. The highest BCUT2D eigenvalue weighted by Crippen LogP contribution is 2.19. The molecule has 0 saturated carbocycles. The minimum Gasteiger partial charge on any atom is -0.444 e. The molecule has 11 heteroatoms. The van der Waals surface area contributed by atoms with Crippen molar-refractivity contribution in [3.8, 4) is 0 Å². The van der Waals surface area contributed by atoms with Crippen LogP contribution in [-0.2, 0) is 33.5 Å². The summed E-state index contributed by atoms with van der Waals surface area (Å²) >= 11 is 0. The van der Waals surface area contributed by atoms with Crippen LogP contribution in [0.2, 0.25) is 0 Å². The Balaban J connectivity index is 1.87. The number of imide groups is 2. The molecular formula is C21H29N3O8. The number of ether oxygens (including phenoxy) is 1. The van der Waals surface area contributed by atoms with Crippen molar-refractivity contribution in [3.05, 3.63) is 12.2 Å². The Hall–Kier alpha value is -3.24. The molecule has 5 amide bonds. The SMILES string of the molecule is CC(C)(C)OC(=O)NCCC(CCCCN1C(=O)C=CC1=O)C(=O)ON1C(=O)CCC1=O. The van der Waals surface area contributed by atoms with E-state index in [0.717, 1.165) is 4.90 Å². The number of rotatable bonds is 10. The molecule has 2 rings (SSSR count). The van der Waals surface area contributed by atoms with E-state index in [-0.39, 0.29) is 44.2 Å². The molecule has 1 fully saturated rings. The van der Waals surface area contributed by atoms with Gasteiger partial charge in [-0.15, -0.1) is 5.06 Å². The lowest BCUT2D eigenvalue weighted by Gasteiger charge is -2.21. The fourth-order valence-electron chi connectivity index (χ4n) is 3.18. The van der Waals surface area contributed by atoms with E-state index in [1.807, 2.05) is 0 Å². The second kappa shape index (κ2) is 10.9. The molecule has 0 aliphatic carbocycles. The molecule has 0 aromatic carbocycles. The highest BCUT2D eigenvalue weighted by atomic mass is 16.7. The standard InChI is InChI=1S/C21H29N3O8/c1-21(2,3)31-20(30)22-12-11-14(19(29)32-24-17(27)9-10-18(24)28)6-4-5-13-23-15(25)7-8-16(23)26/h7-8,14H,4-6,9-13H2,1-3H3,(H,22,30). The lowest BCUT2D eigenvalue weighted by atomic mass is 9.98. The number of amides is 5. The third-order valence-corrected chi connectivity index (χ3v) is 4.77. The average Bonchev–Trinajstić information content (AvgIpc) is 3.18. The molecule has 2 heterocycles. The van der Waals surface area contributed by atoms with Gasteiger partial charge in [0, 0.05) is 38.1 Å². The Morgan fingerprint density at radius 2 is 1.59 bits per heavy atom. The van der Waals surface area contributed by atoms with Gasteiger partial charge in [0.25, 0.3) is 23.6 Å². The lowest BCUT2D eigenvalue weighted by Crippen LogP contribution is -2.37. The van der Waals surface area contributed by atoms with Crippen LogP contribution in [0.3, 0.4) is 0 Å². The van der Waals surface area contributed by atoms with Crippen molar-refractivity contribution in [1.29, 1.82) is 0 Å². The van der Waals surface area contributed by atoms with Crippen LogP contribution < -0.4 is 5.32 Å². The Labute approximate surface area is 186 Å². The van der Waals surface area contributed by atoms with Crippen molar-refractivity contribution < 1.29 is 38.3 Å². The summed E-state index contributed by atoms with van der Waals surface area (Å²) in [6.45, 7) is 5.50. The van der Waals surface area contributed by atoms with Gasteiger partial charge in [0.2, 0.25) is 0 Å². The van der Waals surface area contributed by atoms with Gasteiger partial charge in [-0.1, -0.05) is 6.42 Å². The van der Waals surface area contributed by atoms with Crippen LogP contribution in [0.15, 0.2) is 12.2 Å². The van der Waals surface area contributed by atoms with Crippen LogP contribution in [0.1, 0.15) is 59.3 Å². The summed E-state index contributed by atoms with van der Waals surface area (Å²) in [5.41, 5.74) is -0.668. The second-order valence-corrected chi connectivity index (χ2v) is 8.56. The van der Waals surface area contributed by atoms with Crippen LogP contribution in [0.4, 0.5) is 4.79 Å². The summed E-state index contributed by atoms with van der Waals surface area (Å²) in [7, 11) is 0. The van der Waals surface area contributed by atoms with Gasteiger partial charge in [0.15, 0.2) is 0 Å². The Kier molecular flexibility index (Phi) is 8.50. The zero-order valence-electron chi connectivity index (χ0n) is 18.5. The molecule has 1 unspecified atom stereocenters. The highest BCUT2D eigenvalue weighted by Gasteiger charge is 2.35. The maximum absolute atomic E-state index is 12.6. The van der Waals surface area contributed by atoms with Crippen LogP contribution >= 0.6 is 0 Å². The van der Waals surface area contributed by atoms with Crippen molar-refractivity contribution in [2.45, 2.75) is 64.9 Å². The number of carbonyl (C=O) groups excluding carboxylic acids is 6. The first-order valence-corrected chi connectivity index (χ1v) is 10.6. The lowest BCUT2D eigenvalue weighted by molar-refractivity contribution is -0.201. The highest BCUT2D eigenvalue weighted by molar-refractivity contribution is 6.12. The zero-order chi connectivity index (χ0) is 23.9. The maximum atomic E-state index is 12.6. The van der Waals surface area contributed by atoms with Gasteiger partial charge in [-0.2, -0.15) is 0 Å². The topological polar surface area (TPSA) is 139 Å². The predicted octanol–water partition coefficient (Wildman–Crippen LogP) is 1.22. The first-order valence-electron chi connectivity index (χ1n) is 10.6. The molecule has 2 aliphatic heterocycles. The van der Waals surface area contributed by atoms with Crippen molar-refractivity contribution in [3.63, 3.8) is 0 Å². The molecule has 32 heavy (non-hydrogen) atoms. The number of nitrogens with one attached hydrogen (secondary N) is 1. The molecule has 2 aliphatic rings. The van der Waals surface area contributed by atoms with Crippen molar-refractivity contribution in [2.24, 2.45) is 5.92 Å². The Bertz CT molecular complexity index is 780. The van der Waals surface area contributed by atoms with E-state index in [2.05, 4.69) is 5.32 Å². The molecule has 0 spiro atoms. The molecule has 0 aromatic rings. The molecule has 1 atom stereocenters. The van der Waals surface area contributed by atoms with Crippen LogP contribution in [0.5, 0.6) is 0 Å². The first-order chi connectivity index (χ1) is 15.0. The molecule has 1 saturated heterocycles. The summed E-state index contributed by atoms with van der Waals surface area (Å²) in [5.74, 6) is -3.37. The third-order valence-electron chi connectivity index (χ3n) is 4.77. The summed E-state index contributed by atoms with van der Waals surface area (Å²) < 4.78 is 5.15. The van der Waals surface area contributed by atoms with E-state index in [9.17, 15) is 28.8 Å². The average molecular weight is 451 g/mol. The fraction of sp³-hybridized carbons (Fsp3) is 0.619. The second-order valence-electron chi connectivity index (χ2n) is 8.56. The van der Waals surface area contributed by atoms with Crippen molar-refractivity contribution in [1.82, 2.24) is 15.3 Å². The third kappa shape index (κ3) is 7.47. The van der Waals surface area contributed by atoms with E-state index >= 15 is 0 Å². The molecule has 0 aromatic heterocycles. The van der Waals surface area contributed by atoms with E-state index in [4.69, 9.17) is 9.57 Å². The normalized spacial score (nSPS) is 17.2. The Morgan fingerprint density at radius 1 is 1.00 bits per heavy atom. The number of hydrogen-bond donors (Lipinski definition) is 1. The summed E-state index contributed by atoms with van der Waals surface area (Å²) in [6, 6.07) is 0. The van der Waals surface area contributed by atoms with E-state index in [1.165, 1.54) is 12.2 Å².